The van der Waals surface area contributed by atoms with Crippen LogP contribution in [0.15, 0.2) is 24.3 Å². The molecule has 6 nitrogen and oxygen atoms in total. The van der Waals surface area contributed by atoms with Crippen molar-refractivity contribution in [2.45, 2.75) is 26.7 Å². The summed E-state index contributed by atoms with van der Waals surface area (Å²) in [6.07, 6.45) is -0.394. The SMILES string of the molecule is CCOC(=O)CCC(=O)c1nc(-c2cccc(F)c2C)cc(C#N)c1O. The molecule has 0 fully saturated rings. The Hall–Kier alpha value is -3.27. The maximum absolute atomic E-state index is 13.8. The van der Waals surface area contributed by atoms with Gasteiger partial charge >= 0.3 is 5.97 Å². The van der Waals surface area contributed by atoms with E-state index in [-0.39, 0.29) is 36.4 Å². The Balaban J connectivity index is 2.44. The fourth-order valence-corrected chi connectivity index (χ4v) is 2.41. The molecule has 7 heteroatoms. The van der Waals surface area contributed by atoms with Gasteiger partial charge in [0.25, 0.3) is 0 Å². The lowest BCUT2D eigenvalue weighted by molar-refractivity contribution is -0.143. The molecule has 1 heterocycles. The summed E-state index contributed by atoms with van der Waals surface area (Å²) in [7, 11) is 0. The number of nitrogens with zero attached hydrogens (tertiary/aromatic N) is 2. The molecule has 0 aliphatic carbocycles. The molecule has 0 saturated heterocycles. The third-order valence-electron chi connectivity index (χ3n) is 3.78. The average Bonchev–Trinajstić information content (AvgIpc) is 2.62. The van der Waals surface area contributed by atoms with E-state index in [4.69, 9.17) is 4.74 Å². The van der Waals surface area contributed by atoms with E-state index in [1.807, 2.05) is 0 Å². The maximum Gasteiger partial charge on any atom is 0.306 e. The highest BCUT2D eigenvalue weighted by atomic mass is 19.1. The number of esters is 1. The fraction of sp³-hybridized carbons (Fsp3) is 0.263. The summed E-state index contributed by atoms with van der Waals surface area (Å²) >= 11 is 0. The topological polar surface area (TPSA) is 100 Å². The van der Waals surface area contributed by atoms with Gasteiger partial charge in [-0.25, -0.2) is 9.37 Å². The molecule has 0 bridgehead atoms. The molecule has 26 heavy (non-hydrogen) atoms. The predicted molar refractivity (Wildman–Crippen MR) is 90.9 cm³/mol. The van der Waals surface area contributed by atoms with E-state index in [0.717, 1.165) is 0 Å². The lowest BCUT2D eigenvalue weighted by Gasteiger charge is -2.10. The highest BCUT2D eigenvalue weighted by Crippen LogP contribution is 2.30. The van der Waals surface area contributed by atoms with Gasteiger partial charge in [-0.1, -0.05) is 12.1 Å². The van der Waals surface area contributed by atoms with Crippen LogP contribution in [0, 0.1) is 24.1 Å². The second-order valence-electron chi connectivity index (χ2n) is 5.50. The van der Waals surface area contributed by atoms with E-state index >= 15 is 0 Å². The van der Waals surface area contributed by atoms with Crippen molar-refractivity contribution in [2.75, 3.05) is 6.61 Å². The van der Waals surface area contributed by atoms with E-state index < -0.39 is 23.3 Å². The smallest absolute Gasteiger partial charge is 0.306 e. The highest BCUT2D eigenvalue weighted by molar-refractivity contribution is 5.99. The first kappa shape index (κ1) is 19.1. The molecule has 0 radical (unpaired) electrons. The van der Waals surface area contributed by atoms with Crippen molar-refractivity contribution in [3.63, 3.8) is 0 Å². The molecule has 0 atom stereocenters. The first-order chi connectivity index (χ1) is 12.4. The molecule has 0 amide bonds. The number of carbonyl (C=O) groups excluding carboxylic acids is 2. The summed E-state index contributed by atoms with van der Waals surface area (Å²) in [6, 6.07) is 7.46. The summed E-state index contributed by atoms with van der Waals surface area (Å²) in [5, 5.41) is 19.3. The van der Waals surface area contributed by atoms with Crippen molar-refractivity contribution in [3.8, 4) is 23.1 Å². The van der Waals surface area contributed by atoms with Gasteiger partial charge in [0.05, 0.1) is 24.3 Å². The summed E-state index contributed by atoms with van der Waals surface area (Å²) in [5.74, 6) is -2.16. The molecular weight excluding hydrogens is 339 g/mol. The summed E-state index contributed by atoms with van der Waals surface area (Å²) in [6.45, 7) is 3.40. The molecule has 2 rings (SSSR count). The number of aromatic nitrogens is 1. The Bertz CT molecular complexity index is 903. The van der Waals surface area contributed by atoms with E-state index in [9.17, 15) is 24.3 Å². The molecule has 134 valence electrons. The van der Waals surface area contributed by atoms with Gasteiger partial charge in [0.15, 0.2) is 11.5 Å². The van der Waals surface area contributed by atoms with Gasteiger partial charge in [-0.3, -0.25) is 9.59 Å². The molecule has 1 N–H and O–H groups in total. The molecule has 0 aliphatic rings. The Morgan fingerprint density at radius 3 is 2.73 bits per heavy atom. The van der Waals surface area contributed by atoms with Crippen molar-refractivity contribution >= 4 is 11.8 Å². The maximum atomic E-state index is 13.8. The lowest BCUT2D eigenvalue weighted by Crippen LogP contribution is -2.10. The van der Waals surface area contributed by atoms with Gasteiger partial charge in [0, 0.05) is 12.0 Å². The third kappa shape index (κ3) is 4.03. The molecular formula is C19H17FN2O4. The van der Waals surface area contributed by atoms with Gasteiger partial charge < -0.3 is 9.84 Å². The van der Waals surface area contributed by atoms with Crippen molar-refractivity contribution in [2.24, 2.45) is 0 Å². The zero-order chi connectivity index (χ0) is 19.3. The normalized spacial score (nSPS) is 10.2. The van der Waals surface area contributed by atoms with Crippen LogP contribution < -0.4 is 0 Å². The van der Waals surface area contributed by atoms with Gasteiger partial charge in [0.2, 0.25) is 0 Å². The molecule has 2 aromatic rings. The number of hydrogen-bond donors (Lipinski definition) is 1. The molecule has 0 aliphatic heterocycles. The fourth-order valence-electron chi connectivity index (χ4n) is 2.41. The van der Waals surface area contributed by atoms with Gasteiger partial charge in [-0.2, -0.15) is 5.26 Å². The van der Waals surface area contributed by atoms with Gasteiger partial charge in [-0.05, 0) is 31.5 Å². The molecule has 1 aromatic heterocycles. The number of pyridine rings is 1. The number of ketones is 1. The van der Waals surface area contributed by atoms with Crippen LogP contribution in [-0.2, 0) is 9.53 Å². The van der Waals surface area contributed by atoms with E-state index in [1.165, 1.54) is 18.2 Å². The number of Topliss-reactive ketones (excluding diaryl/α,β-unsaturated/α-hetero) is 1. The minimum atomic E-state index is -0.608. The predicted octanol–water partition coefficient (Wildman–Crippen LogP) is 3.30. The second kappa shape index (κ2) is 8.21. The summed E-state index contributed by atoms with van der Waals surface area (Å²) in [5.41, 5.74) is 0.418. The number of hydrogen-bond acceptors (Lipinski definition) is 6. The largest absolute Gasteiger partial charge is 0.504 e. The van der Waals surface area contributed by atoms with Crippen LogP contribution in [-0.4, -0.2) is 28.4 Å². The van der Waals surface area contributed by atoms with Gasteiger partial charge in [-0.15, -0.1) is 0 Å². The Labute approximate surface area is 149 Å². The monoisotopic (exact) mass is 356 g/mol. The number of benzene rings is 1. The van der Waals surface area contributed by atoms with Crippen molar-refractivity contribution in [1.82, 2.24) is 4.98 Å². The quantitative estimate of drug-likeness (QED) is 0.629. The molecule has 0 unspecified atom stereocenters. The number of aromatic hydroxyl groups is 1. The van der Waals surface area contributed by atoms with Crippen molar-refractivity contribution < 1.29 is 23.8 Å². The van der Waals surface area contributed by atoms with E-state index in [2.05, 4.69) is 4.98 Å². The second-order valence-corrected chi connectivity index (χ2v) is 5.50. The zero-order valence-corrected chi connectivity index (χ0v) is 14.4. The first-order valence-corrected chi connectivity index (χ1v) is 7.97. The standard InChI is InChI=1S/C19H17FN2O4/c1-3-26-17(24)8-7-16(23)18-19(25)12(10-21)9-15(22-18)13-5-4-6-14(20)11(13)2/h4-6,9,25H,3,7-8H2,1-2H3. The molecule has 0 saturated carbocycles. The minimum absolute atomic E-state index is 0.154. The van der Waals surface area contributed by atoms with Crippen LogP contribution in [0.25, 0.3) is 11.3 Å². The summed E-state index contributed by atoms with van der Waals surface area (Å²) in [4.78, 5) is 27.9. The summed E-state index contributed by atoms with van der Waals surface area (Å²) < 4.78 is 18.6. The van der Waals surface area contributed by atoms with E-state index in [1.54, 1.807) is 26.0 Å². The number of rotatable bonds is 6. The van der Waals surface area contributed by atoms with E-state index in [0.29, 0.717) is 11.1 Å². The lowest BCUT2D eigenvalue weighted by atomic mass is 10.0. The van der Waals surface area contributed by atoms with Crippen LogP contribution >= 0.6 is 0 Å². The third-order valence-corrected chi connectivity index (χ3v) is 3.78. The van der Waals surface area contributed by atoms with Crippen LogP contribution in [0.2, 0.25) is 0 Å². The highest BCUT2D eigenvalue weighted by Gasteiger charge is 2.21. The number of nitriles is 1. The Kier molecular flexibility index (Phi) is 6.02. The number of halogens is 1. The number of carbonyl (C=O) groups is 2. The van der Waals surface area contributed by atoms with Gasteiger partial charge in [0.1, 0.15) is 17.6 Å². The van der Waals surface area contributed by atoms with Crippen molar-refractivity contribution in [1.29, 1.82) is 5.26 Å². The zero-order valence-electron chi connectivity index (χ0n) is 14.4. The van der Waals surface area contributed by atoms with Crippen LogP contribution in [0.4, 0.5) is 4.39 Å². The van der Waals surface area contributed by atoms with Crippen LogP contribution in [0.5, 0.6) is 5.75 Å². The number of ether oxygens (including phenoxy) is 1. The molecule has 1 aromatic carbocycles. The molecule has 0 spiro atoms. The minimum Gasteiger partial charge on any atom is -0.504 e. The first-order valence-electron chi connectivity index (χ1n) is 7.97. The Morgan fingerprint density at radius 1 is 1.35 bits per heavy atom. The average molecular weight is 356 g/mol. The van der Waals surface area contributed by atoms with Crippen LogP contribution in [0.1, 0.15) is 41.4 Å². The Morgan fingerprint density at radius 2 is 2.08 bits per heavy atom. The van der Waals surface area contributed by atoms with Crippen LogP contribution in [0.3, 0.4) is 0 Å². The van der Waals surface area contributed by atoms with Crippen molar-refractivity contribution in [3.05, 3.63) is 46.9 Å².